The minimum atomic E-state index is -1.06. The molecule has 6 nitrogen and oxygen atoms in total. The Labute approximate surface area is 102 Å². The lowest BCUT2D eigenvalue weighted by atomic mass is 9.97. The summed E-state index contributed by atoms with van der Waals surface area (Å²) in [5.41, 5.74) is 1.48. The first kappa shape index (κ1) is 15.9. The number of amides is 2. The van der Waals surface area contributed by atoms with Crippen molar-refractivity contribution in [3.8, 4) is 0 Å². The molecule has 0 aliphatic heterocycles. The summed E-state index contributed by atoms with van der Waals surface area (Å²) in [7, 11) is 0. The van der Waals surface area contributed by atoms with E-state index in [0.717, 1.165) is 0 Å². The second-order valence-corrected chi connectivity index (χ2v) is 4.30. The molecule has 0 aliphatic carbocycles. The summed E-state index contributed by atoms with van der Waals surface area (Å²) in [5.74, 6) is -1.90. The van der Waals surface area contributed by atoms with Crippen molar-refractivity contribution in [3.63, 3.8) is 0 Å². The van der Waals surface area contributed by atoms with Gasteiger partial charge in [-0.1, -0.05) is 34.1 Å². The number of carbonyl (C=O) groups is 2. The van der Waals surface area contributed by atoms with Gasteiger partial charge in [-0.25, -0.2) is 10.5 Å². The highest BCUT2D eigenvalue weighted by molar-refractivity contribution is 5.87. The Hall–Kier alpha value is -1.14. The van der Waals surface area contributed by atoms with Crippen molar-refractivity contribution in [1.29, 1.82) is 0 Å². The highest BCUT2D eigenvalue weighted by Crippen LogP contribution is 2.16. The fraction of sp³-hybridized carbons (Fsp3) is 0.818. The predicted octanol–water partition coefficient (Wildman–Crippen LogP) is 1.17. The molecule has 0 saturated carbocycles. The van der Waals surface area contributed by atoms with E-state index in [4.69, 9.17) is 5.21 Å². The zero-order valence-electron chi connectivity index (χ0n) is 10.8. The van der Waals surface area contributed by atoms with Crippen LogP contribution in [0.1, 0.15) is 40.5 Å². The van der Waals surface area contributed by atoms with E-state index < -0.39 is 17.9 Å². The fourth-order valence-corrected chi connectivity index (χ4v) is 1.44. The molecule has 0 aromatic rings. The SMILES string of the molecule is CC[C@H](C)C(=O)N(O)[C@@H](C(=O)NO)[C@@H](C)CC. The molecule has 17 heavy (non-hydrogen) atoms. The van der Waals surface area contributed by atoms with Crippen LogP contribution in [0.5, 0.6) is 0 Å². The van der Waals surface area contributed by atoms with Crippen molar-refractivity contribution in [1.82, 2.24) is 10.5 Å². The van der Waals surface area contributed by atoms with Crippen LogP contribution in [0, 0.1) is 11.8 Å². The summed E-state index contributed by atoms with van der Waals surface area (Å²) in [6, 6.07) is -1.06. The van der Waals surface area contributed by atoms with Gasteiger partial charge in [0.2, 0.25) is 5.91 Å². The zero-order valence-corrected chi connectivity index (χ0v) is 10.8. The second-order valence-electron chi connectivity index (χ2n) is 4.30. The number of hydroxylamine groups is 3. The van der Waals surface area contributed by atoms with Crippen molar-refractivity contribution in [2.75, 3.05) is 0 Å². The number of nitrogens with one attached hydrogen (secondary N) is 1. The van der Waals surface area contributed by atoms with Crippen LogP contribution < -0.4 is 5.48 Å². The molecule has 2 amide bonds. The summed E-state index contributed by atoms with van der Waals surface area (Å²) >= 11 is 0. The van der Waals surface area contributed by atoms with E-state index in [1.807, 2.05) is 13.8 Å². The molecule has 0 fully saturated rings. The molecule has 0 aromatic heterocycles. The summed E-state index contributed by atoms with van der Waals surface area (Å²) in [5, 5.41) is 18.9. The van der Waals surface area contributed by atoms with E-state index in [-0.39, 0.29) is 11.8 Å². The molecule has 3 N–H and O–H groups in total. The minimum absolute atomic E-state index is 0.250. The summed E-state index contributed by atoms with van der Waals surface area (Å²) in [6.45, 7) is 7.06. The number of hydrogen-bond acceptors (Lipinski definition) is 4. The third-order valence-corrected chi connectivity index (χ3v) is 3.09. The first-order valence-electron chi connectivity index (χ1n) is 5.86. The fourth-order valence-electron chi connectivity index (χ4n) is 1.44. The summed E-state index contributed by atoms with van der Waals surface area (Å²) in [4.78, 5) is 23.2. The van der Waals surface area contributed by atoms with Crippen molar-refractivity contribution >= 4 is 11.8 Å². The number of carbonyl (C=O) groups excluding carboxylic acids is 2. The third kappa shape index (κ3) is 3.98. The van der Waals surface area contributed by atoms with Crippen molar-refractivity contribution in [2.45, 2.75) is 46.6 Å². The monoisotopic (exact) mass is 246 g/mol. The molecule has 0 saturated heterocycles. The molecular formula is C11H22N2O4. The minimum Gasteiger partial charge on any atom is -0.289 e. The molecular weight excluding hydrogens is 224 g/mol. The molecule has 0 heterocycles. The van der Waals surface area contributed by atoms with Crippen LogP contribution in [0.15, 0.2) is 0 Å². The summed E-state index contributed by atoms with van der Waals surface area (Å²) in [6.07, 6.45) is 1.17. The van der Waals surface area contributed by atoms with Gasteiger partial charge < -0.3 is 0 Å². The van der Waals surface area contributed by atoms with Gasteiger partial charge >= 0.3 is 0 Å². The largest absolute Gasteiger partial charge is 0.289 e. The maximum absolute atomic E-state index is 11.8. The summed E-state index contributed by atoms with van der Waals surface area (Å²) < 4.78 is 0. The first-order chi connectivity index (χ1) is 7.90. The van der Waals surface area contributed by atoms with Gasteiger partial charge in [0.25, 0.3) is 5.91 Å². The van der Waals surface area contributed by atoms with E-state index in [0.29, 0.717) is 17.9 Å². The molecule has 0 bridgehead atoms. The van der Waals surface area contributed by atoms with E-state index in [1.54, 1.807) is 13.8 Å². The lowest BCUT2D eigenvalue weighted by Gasteiger charge is -2.29. The maximum Gasteiger partial charge on any atom is 0.269 e. The second kappa shape index (κ2) is 7.24. The third-order valence-electron chi connectivity index (χ3n) is 3.09. The van der Waals surface area contributed by atoms with Crippen LogP contribution in [0.3, 0.4) is 0 Å². The Morgan fingerprint density at radius 2 is 1.76 bits per heavy atom. The number of hydrogen-bond donors (Lipinski definition) is 3. The Morgan fingerprint density at radius 3 is 2.12 bits per heavy atom. The van der Waals surface area contributed by atoms with Crippen molar-refractivity contribution in [3.05, 3.63) is 0 Å². The Morgan fingerprint density at radius 1 is 1.24 bits per heavy atom. The Kier molecular flexibility index (Phi) is 6.75. The Balaban J connectivity index is 4.92. The molecule has 0 spiro atoms. The number of nitrogens with zero attached hydrogens (tertiary/aromatic N) is 1. The normalized spacial score (nSPS) is 15.9. The van der Waals surface area contributed by atoms with Crippen LogP contribution in [-0.4, -0.2) is 33.3 Å². The average Bonchev–Trinajstić information content (AvgIpc) is 2.35. The molecule has 6 heteroatoms. The average molecular weight is 246 g/mol. The maximum atomic E-state index is 11.8. The van der Waals surface area contributed by atoms with Gasteiger partial charge in [-0.2, -0.15) is 0 Å². The van der Waals surface area contributed by atoms with E-state index in [2.05, 4.69) is 0 Å². The van der Waals surface area contributed by atoms with Crippen LogP contribution in [0.4, 0.5) is 0 Å². The molecule has 0 aromatic carbocycles. The van der Waals surface area contributed by atoms with Gasteiger partial charge in [-0.15, -0.1) is 0 Å². The van der Waals surface area contributed by atoms with Gasteiger partial charge in [0.15, 0.2) is 0 Å². The highest BCUT2D eigenvalue weighted by atomic mass is 16.5. The van der Waals surface area contributed by atoms with Gasteiger partial charge in [0.05, 0.1) is 0 Å². The van der Waals surface area contributed by atoms with Crippen molar-refractivity contribution in [2.24, 2.45) is 11.8 Å². The van der Waals surface area contributed by atoms with Gasteiger partial charge in [0.1, 0.15) is 6.04 Å². The molecule has 0 rings (SSSR count). The molecule has 3 atom stereocenters. The standard InChI is InChI=1S/C11H22N2O4/c1-5-7(3)9(10(14)12-16)13(17)11(15)8(4)6-2/h7-9,16-17H,5-6H2,1-4H3,(H,12,14)/t7-,8-,9+/m0/s1. The molecule has 0 aliphatic rings. The first-order valence-corrected chi connectivity index (χ1v) is 5.86. The van der Waals surface area contributed by atoms with Crippen LogP contribution >= 0.6 is 0 Å². The van der Waals surface area contributed by atoms with Crippen molar-refractivity contribution < 1.29 is 20.0 Å². The van der Waals surface area contributed by atoms with Crippen LogP contribution in [0.2, 0.25) is 0 Å². The topological polar surface area (TPSA) is 89.9 Å². The zero-order chi connectivity index (χ0) is 13.6. The van der Waals surface area contributed by atoms with Gasteiger partial charge in [0, 0.05) is 5.92 Å². The predicted molar refractivity (Wildman–Crippen MR) is 61.3 cm³/mol. The number of rotatable bonds is 6. The van der Waals surface area contributed by atoms with Crippen LogP contribution in [-0.2, 0) is 9.59 Å². The van der Waals surface area contributed by atoms with E-state index in [1.165, 1.54) is 5.48 Å². The van der Waals surface area contributed by atoms with Crippen LogP contribution in [0.25, 0.3) is 0 Å². The van der Waals surface area contributed by atoms with E-state index in [9.17, 15) is 14.8 Å². The molecule has 0 unspecified atom stereocenters. The Bertz CT molecular complexity index is 270. The highest BCUT2D eigenvalue weighted by Gasteiger charge is 2.34. The lowest BCUT2D eigenvalue weighted by Crippen LogP contribution is -2.52. The van der Waals surface area contributed by atoms with E-state index >= 15 is 0 Å². The molecule has 0 radical (unpaired) electrons. The lowest BCUT2D eigenvalue weighted by molar-refractivity contribution is -0.190. The molecule has 100 valence electrons. The smallest absolute Gasteiger partial charge is 0.269 e. The quantitative estimate of drug-likeness (QED) is 0.485. The van der Waals surface area contributed by atoms with Gasteiger partial charge in [-0.05, 0) is 12.3 Å². The van der Waals surface area contributed by atoms with Gasteiger partial charge in [-0.3, -0.25) is 20.0 Å².